The van der Waals surface area contributed by atoms with E-state index in [1.54, 1.807) is 0 Å². The molecule has 106 valence electrons. The number of pyridine rings is 1. The second kappa shape index (κ2) is 7.97. The molecule has 1 aromatic rings. The highest BCUT2D eigenvalue weighted by molar-refractivity contribution is 5.93. The van der Waals surface area contributed by atoms with E-state index in [2.05, 4.69) is 4.98 Å². The molecule has 1 rings (SSSR count). The second-order valence-corrected chi connectivity index (χ2v) is 3.08. The highest BCUT2D eigenvalue weighted by Gasteiger charge is 2.07. The van der Waals surface area contributed by atoms with Gasteiger partial charge in [0.1, 0.15) is 0 Å². The van der Waals surface area contributed by atoms with Gasteiger partial charge in [0.2, 0.25) is 0 Å². The Balaban J connectivity index is 0.000000396. The molecule has 1 heterocycles. The van der Waals surface area contributed by atoms with Gasteiger partial charge < -0.3 is 20.4 Å². The Morgan fingerprint density at radius 2 is 1.15 bits per heavy atom. The first-order valence-corrected chi connectivity index (χ1v) is 4.79. The number of aromatic nitrogens is 1. The minimum absolute atomic E-state index is 0.130. The summed E-state index contributed by atoms with van der Waals surface area (Å²) in [6.07, 6.45) is 3.30. The van der Waals surface area contributed by atoms with Gasteiger partial charge in [-0.3, -0.25) is 4.98 Å². The first-order chi connectivity index (χ1) is 9.23. The fraction of sp³-hybridized carbons (Fsp3) is 0. The summed E-state index contributed by atoms with van der Waals surface area (Å²) < 4.78 is 0. The normalized spacial score (nSPS) is 9.40. The van der Waals surface area contributed by atoms with E-state index in [1.807, 2.05) is 0 Å². The lowest BCUT2D eigenvalue weighted by Crippen LogP contribution is -2.02. The Morgan fingerprint density at radius 1 is 0.800 bits per heavy atom. The minimum atomic E-state index is -1.26. The topological polar surface area (TPSA) is 162 Å². The predicted octanol–water partition coefficient (Wildman–Crippen LogP) is 0.190. The summed E-state index contributed by atoms with van der Waals surface area (Å²) in [4.78, 5) is 43.3. The van der Waals surface area contributed by atoms with Crippen LogP contribution in [0.3, 0.4) is 0 Å². The third kappa shape index (κ3) is 7.17. The van der Waals surface area contributed by atoms with Crippen LogP contribution in [-0.2, 0) is 9.59 Å². The third-order valence-electron chi connectivity index (χ3n) is 1.60. The zero-order valence-electron chi connectivity index (χ0n) is 9.76. The third-order valence-corrected chi connectivity index (χ3v) is 1.60. The first-order valence-electron chi connectivity index (χ1n) is 4.79. The summed E-state index contributed by atoms with van der Waals surface area (Å²) in [5, 5.41) is 32.5. The Labute approximate surface area is 111 Å². The molecule has 0 bridgehead atoms. The lowest BCUT2D eigenvalue weighted by molar-refractivity contribution is -0.134. The van der Waals surface area contributed by atoms with Gasteiger partial charge in [-0.2, -0.15) is 0 Å². The first kappa shape index (κ1) is 16.8. The van der Waals surface area contributed by atoms with Crippen LogP contribution < -0.4 is 0 Å². The molecule has 9 nitrogen and oxygen atoms in total. The van der Waals surface area contributed by atoms with Crippen molar-refractivity contribution >= 4 is 23.9 Å². The molecule has 0 aliphatic carbocycles. The van der Waals surface area contributed by atoms with Crippen LogP contribution in [0.25, 0.3) is 0 Å². The summed E-state index contributed by atoms with van der Waals surface area (Å²) in [7, 11) is 0. The van der Waals surface area contributed by atoms with Gasteiger partial charge in [-0.05, 0) is 6.07 Å². The van der Waals surface area contributed by atoms with Crippen molar-refractivity contribution in [3.05, 3.63) is 41.7 Å². The Hall–Kier alpha value is -3.23. The number of nitrogens with zero attached hydrogens (tertiary/aromatic N) is 1. The van der Waals surface area contributed by atoms with Crippen LogP contribution in [0.1, 0.15) is 20.7 Å². The highest BCUT2D eigenvalue weighted by Crippen LogP contribution is 2.01. The van der Waals surface area contributed by atoms with Crippen molar-refractivity contribution in [1.82, 2.24) is 4.98 Å². The van der Waals surface area contributed by atoms with Crippen molar-refractivity contribution < 1.29 is 39.6 Å². The fourth-order valence-electron chi connectivity index (χ4n) is 0.816. The van der Waals surface area contributed by atoms with Gasteiger partial charge in [0.05, 0.1) is 11.1 Å². The molecule has 0 aromatic carbocycles. The molecule has 4 N–H and O–H groups in total. The van der Waals surface area contributed by atoms with E-state index in [0.29, 0.717) is 12.2 Å². The lowest BCUT2D eigenvalue weighted by Gasteiger charge is -1.94. The maximum atomic E-state index is 10.3. The van der Waals surface area contributed by atoms with Crippen molar-refractivity contribution in [2.75, 3.05) is 0 Å². The quantitative estimate of drug-likeness (QED) is 0.565. The summed E-state index contributed by atoms with van der Waals surface area (Å²) in [5.74, 6) is -4.89. The van der Waals surface area contributed by atoms with E-state index in [-0.39, 0.29) is 11.1 Å². The van der Waals surface area contributed by atoms with Crippen LogP contribution >= 0.6 is 0 Å². The van der Waals surface area contributed by atoms with Crippen LogP contribution in [0.5, 0.6) is 0 Å². The van der Waals surface area contributed by atoms with E-state index in [0.717, 1.165) is 18.5 Å². The zero-order valence-corrected chi connectivity index (χ0v) is 9.76. The second-order valence-electron chi connectivity index (χ2n) is 3.08. The maximum absolute atomic E-state index is 10.3. The molecule has 0 saturated carbocycles. The molecule has 0 spiro atoms. The maximum Gasteiger partial charge on any atom is 0.337 e. The summed E-state index contributed by atoms with van der Waals surface area (Å²) in [6.45, 7) is 0. The van der Waals surface area contributed by atoms with Crippen LogP contribution in [0.4, 0.5) is 0 Å². The number of carboxylic acid groups (broad SMARTS) is 4. The molecule has 0 atom stereocenters. The molecule has 0 aliphatic heterocycles. The average molecular weight is 283 g/mol. The number of aromatic carboxylic acids is 2. The molecule has 0 radical (unpaired) electrons. The molecular weight excluding hydrogens is 274 g/mol. The molecule has 0 unspecified atom stereocenters. The molecule has 0 amide bonds. The molecule has 0 aliphatic rings. The van der Waals surface area contributed by atoms with Crippen molar-refractivity contribution in [3.8, 4) is 0 Å². The smallest absolute Gasteiger partial charge is 0.337 e. The Kier molecular flexibility index (Phi) is 6.69. The summed E-state index contributed by atoms with van der Waals surface area (Å²) >= 11 is 0. The summed E-state index contributed by atoms with van der Waals surface area (Å²) in [5.41, 5.74) is -0.259. The highest BCUT2D eigenvalue weighted by atomic mass is 16.4. The van der Waals surface area contributed by atoms with Crippen molar-refractivity contribution in [2.45, 2.75) is 0 Å². The molecule has 20 heavy (non-hydrogen) atoms. The van der Waals surface area contributed by atoms with Gasteiger partial charge in [-0.15, -0.1) is 0 Å². The van der Waals surface area contributed by atoms with E-state index >= 15 is 0 Å². The average Bonchev–Trinajstić information content (AvgIpc) is 2.37. The number of rotatable bonds is 4. The van der Waals surface area contributed by atoms with Crippen molar-refractivity contribution in [2.24, 2.45) is 0 Å². The molecule has 1 aromatic heterocycles. The number of aliphatic carboxylic acids is 2. The van der Waals surface area contributed by atoms with Gasteiger partial charge in [0.25, 0.3) is 0 Å². The fourth-order valence-corrected chi connectivity index (χ4v) is 0.816. The standard InChI is InChI=1S/C7H5NO4.C4H4O4/c9-6(10)4-1-5(7(11)12)3-8-2-4;5-3(6)1-2-4(7)8/h1-3H,(H,9,10)(H,11,12);1-2H,(H,5,6)(H,7,8)/b;2-1-. The van der Waals surface area contributed by atoms with Gasteiger partial charge in [-0.1, -0.05) is 0 Å². The number of carboxylic acids is 4. The Bertz CT molecular complexity index is 518. The predicted molar refractivity (Wildman–Crippen MR) is 62.6 cm³/mol. The van der Waals surface area contributed by atoms with E-state index in [4.69, 9.17) is 20.4 Å². The molecule has 0 saturated heterocycles. The number of carbonyl (C=O) groups is 4. The van der Waals surface area contributed by atoms with Crippen LogP contribution in [0.15, 0.2) is 30.6 Å². The number of hydrogen-bond acceptors (Lipinski definition) is 5. The van der Waals surface area contributed by atoms with Crippen molar-refractivity contribution in [1.29, 1.82) is 0 Å². The summed E-state index contributed by atoms with van der Waals surface area (Å²) in [6, 6.07) is 1.05. The lowest BCUT2D eigenvalue weighted by atomic mass is 10.2. The monoisotopic (exact) mass is 283 g/mol. The zero-order chi connectivity index (χ0) is 15.7. The van der Waals surface area contributed by atoms with E-state index in [9.17, 15) is 19.2 Å². The Morgan fingerprint density at radius 3 is 1.40 bits per heavy atom. The largest absolute Gasteiger partial charge is 0.478 e. The van der Waals surface area contributed by atoms with E-state index < -0.39 is 23.9 Å². The molecule has 9 heteroatoms. The van der Waals surface area contributed by atoms with Gasteiger partial charge in [-0.25, -0.2) is 19.2 Å². The van der Waals surface area contributed by atoms with Crippen LogP contribution in [0.2, 0.25) is 0 Å². The number of hydrogen-bond donors (Lipinski definition) is 4. The van der Waals surface area contributed by atoms with Crippen LogP contribution in [-0.4, -0.2) is 49.3 Å². The molecule has 0 fully saturated rings. The van der Waals surface area contributed by atoms with Gasteiger partial charge in [0, 0.05) is 24.5 Å². The minimum Gasteiger partial charge on any atom is -0.478 e. The van der Waals surface area contributed by atoms with E-state index in [1.165, 1.54) is 0 Å². The van der Waals surface area contributed by atoms with Crippen LogP contribution in [0, 0.1) is 0 Å². The van der Waals surface area contributed by atoms with Gasteiger partial charge >= 0.3 is 23.9 Å². The van der Waals surface area contributed by atoms with Crippen molar-refractivity contribution in [3.63, 3.8) is 0 Å². The SMILES string of the molecule is O=C(O)/C=C\C(=O)O.O=C(O)c1cncc(C(=O)O)c1. The van der Waals surface area contributed by atoms with Gasteiger partial charge in [0.15, 0.2) is 0 Å². The molecular formula is C11H9NO8.